The number of hydrogen-bond donors (Lipinski definition) is 0. The van der Waals surface area contributed by atoms with Crippen LogP contribution in [0.1, 0.15) is 18.1 Å². The largest absolute Gasteiger partial charge is 0.493 e. The molecule has 4 nitrogen and oxygen atoms in total. The van der Waals surface area contributed by atoms with Crippen molar-refractivity contribution in [1.82, 2.24) is 0 Å². The maximum absolute atomic E-state index is 12.8. The third-order valence-electron chi connectivity index (χ3n) is 3.81. The molecule has 0 aliphatic rings. The Labute approximate surface area is 177 Å². The van der Waals surface area contributed by atoms with E-state index in [0.717, 1.165) is 29.5 Å². The number of benzene rings is 2. The first-order chi connectivity index (χ1) is 14.3. The van der Waals surface area contributed by atoms with E-state index in [1.807, 2.05) is 6.07 Å². The number of hydrogen-bond acceptors (Lipinski definition) is 5. The molecule has 0 N–H and O–H groups in total. The average molecular weight is 438 g/mol. The molecule has 0 aromatic heterocycles. The molecule has 0 aliphatic heterocycles. The minimum atomic E-state index is -4.40. The van der Waals surface area contributed by atoms with Crippen LogP contribution < -0.4 is 9.47 Å². The number of ether oxygens (including phenoxy) is 3. The fourth-order valence-corrected chi connectivity index (χ4v) is 3.23. The topological polar surface area (TPSA) is 44.8 Å². The lowest BCUT2D eigenvalue weighted by molar-refractivity contribution is -0.138. The number of carbonyl (C=O) groups is 1. The van der Waals surface area contributed by atoms with Gasteiger partial charge in [-0.1, -0.05) is 23.9 Å². The lowest BCUT2D eigenvalue weighted by atomic mass is 10.2. The number of esters is 1. The van der Waals surface area contributed by atoms with Crippen molar-refractivity contribution in [3.8, 4) is 11.5 Å². The predicted molar refractivity (Wildman–Crippen MR) is 111 cm³/mol. The lowest BCUT2D eigenvalue weighted by Gasteiger charge is -2.09. The number of methoxy groups -OCH3 is 2. The van der Waals surface area contributed by atoms with Gasteiger partial charge in [-0.2, -0.15) is 13.2 Å². The van der Waals surface area contributed by atoms with Crippen LogP contribution in [0.15, 0.2) is 64.4 Å². The van der Waals surface area contributed by atoms with Crippen LogP contribution >= 0.6 is 11.8 Å². The Hall–Kier alpha value is -2.87. The van der Waals surface area contributed by atoms with Gasteiger partial charge in [0.25, 0.3) is 0 Å². The second-order valence-corrected chi connectivity index (χ2v) is 7.02. The molecule has 0 saturated carbocycles. The Balaban J connectivity index is 2.27. The van der Waals surface area contributed by atoms with Gasteiger partial charge in [0, 0.05) is 15.9 Å². The second-order valence-electron chi connectivity index (χ2n) is 5.87. The molecule has 0 amide bonds. The maximum Gasteiger partial charge on any atom is 0.416 e. The average Bonchev–Trinajstić information content (AvgIpc) is 2.71. The minimum Gasteiger partial charge on any atom is -0.493 e. The summed E-state index contributed by atoms with van der Waals surface area (Å²) in [5, 5.41) is 0. The van der Waals surface area contributed by atoms with Gasteiger partial charge >= 0.3 is 12.1 Å². The van der Waals surface area contributed by atoms with Gasteiger partial charge in [0.05, 0.1) is 26.4 Å². The van der Waals surface area contributed by atoms with Gasteiger partial charge in [-0.25, -0.2) is 4.79 Å². The molecule has 0 fully saturated rings. The molecule has 0 aliphatic carbocycles. The molecule has 30 heavy (non-hydrogen) atoms. The van der Waals surface area contributed by atoms with Crippen LogP contribution in [0.3, 0.4) is 0 Å². The van der Waals surface area contributed by atoms with E-state index in [-0.39, 0.29) is 6.61 Å². The third kappa shape index (κ3) is 6.88. The minimum absolute atomic E-state index is 0.215. The Morgan fingerprint density at radius 2 is 1.70 bits per heavy atom. The van der Waals surface area contributed by atoms with E-state index in [4.69, 9.17) is 14.2 Å². The zero-order valence-corrected chi connectivity index (χ0v) is 17.5. The predicted octanol–water partition coefficient (Wildman–Crippen LogP) is 5.98. The van der Waals surface area contributed by atoms with Crippen molar-refractivity contribution in [1.29, 1.82) is 0 Å². The van der Waals surface area contributed by atoms with Gasteiger partial charge in [-0.15, -0.1) is 0 Å². The standard InChI is InChI=1S/C22H21F3O4S/c1-4-29-21(26)14-18(30-17-10-7-16(8-11-17)22(23,24)25)9-5-15-6-12-19(27-2)20(13-15)28-3/h5-14H,4H2,1-3H3/b9-5+,18-14+. The SMILES string of the molecule is CCOC(=O)/C=C(\C=C\c1ccc(OC)c(OC)c1)Sc1ccc(C(F)(F)F)cc1. The second kappa shape index (κ2) is 10.8. The van der Waals surface area contributed by atoms with Crippen LogP contribution in [0.4, 0.5) is 13.2 Å². The van der Waals surface area contributed by atoms with Gasteiger partial charge < -0.3 is 14.2 Å². The van der Waals surface area contributed by atoms with Crippen molar-refractivity contribution >= 4 is 23.8 Å². The zero-order chi connectivity index (χ0) is 22.1. The summed E-state index contributed by atoms with van der Waals surface area (Å²) in [5.74, 6) is 0.589. The van der Waals surface area contributed by atoms with Crippen LogP contribution in [0.5, 0.6) is 11.5 Å². The molecule has 0 unspecified atom stereocenters. The molecular formula is C22H21F3O4S. The van der Waals surface area contributed by atoms with Crippen LogP contribution in [0, 0.1) is 0 Å². The summed E-state index contributed by atoms with van der Waals surface area (Å²) in [7, 11) is 3.06. The highest BCUT2D eigenvalue weighted by Gasteiger charge is 2.29. The molecule has 0 heterocycles. The molecule has 0 radical (unpaired) electrons. The quantitative estimate of drug-likeness (QED) is 0.220. The van der Waals surface area contributed by atoms with Crippen LogP contribution in [0.2, 0.25) is 0 Å². The van der Waals surface area contributed by atoms with Crippen molar-refractivity contribution in [2.45, 2.75) is 18.0 Å². The third-order valence-corrected chi connectivity index (χ3v) is 4.81. The smallest absolute Gasteiger partial charge is 0.416 e. The normalized spacial score (nSPS) is 12.1. The van der Waals surface area contributed by atoms with Crippen molar-refractivity contribution in [3.63, 3.8) is 0 Å². The van der Waals surface area contributed by atoms with E-state index in [1.54, 1.807) is 31.2 Å². The van der Waals surface area contributed by atoms with Gasteiger partial charge in [-0.3, -0.25) is 0 Å². The van der Waals surface area contributed by atoms with Gasteiger partial charge in [-0.05, 0) is 55.0 Å². The van der Waals surface area contributed by atoms with E-state index < -0.39 is 17.7 Å². The number of alkyl halides is 3. The van der Waals surface area contributed by atoms with Crippen LogP contribution in [0.25, 0.3) is 6.08 Å². The van der Waals surface area contributed by atoms with Crippen molar-refractivity contribution < 1.29 is 32.2 Å². The molecule has 2 rings (SSSR count). The number of carbonyl (C=O) groups excluding carboxylic acids is 1. The van der Waals surface area contributed by atoms with Crippen LogP contribution in [-0.2, 0) is 15.7 Å². The summed E-state index contributed by atoms with van der Waals surface area (Å²) >= 11 is 1.15. The fourth-order valence-electron chi connectivity index (χ4n) is 2.39. The molecule has 8 heteroatoms. The molecule has 2 aromatic carbocycles. The molecule has 0 bridgehead atoms. The first-order valence-electron chi connectivity index (χ1n) is 8.90. The van der Waals surface area contributed by atoms with E-state index in [2.05, 4.69) is 0 Å². The molecule has 0 saturated heterocycles. The first-order valence-corrected chi connectivity index (χ1v) is 9.72. The highest BCUT2D eigenvalue weighted by atomic mass is 32.2. The Morgan fingerprint density at radius 1 is 1.03 bits per heavy atom. The summed E-state index contributed by atoms with van der Waals surface area (Å²) in [6.07, 6.45) is 0.327. The number of thioether (sulfide) groups is 1. The Kier molecular flexibility index (Phi) is 8.41. The molecule has 2 aromatic rings. The van der Waals surface area contributed by atoms with Gasteiger partial charge in [0.2, 0.25) is 0 Å². The van der Waals surface area contributed by atoms with E-state index in [1.165, 1.54) is 32.4 Å². The molecule has 160 valence electrons. The highest BCUT2D eigenvalue weighted by Crippen LogP contribution is 2.34. The van der Waals surface area contributed by atoms with Crippen molar-refractivity contribution in [3.05, 3.63) is 70.6 Å². The summed E-state index contributed by atoms with van der Waals surface area (Å²) in [5.41, 5.74) is 0.0547. The van der Waals surface area contributed by atoms with Gasteiger partial charge in [0.15, 0.2) is 11.5 Å². The molecule has 0 atom stereocenters. The van der Waals surface area contributed by atoms with Crippen molar-refractivity contribution in [2.24, 2.45) is 0 Å². The molecule has 0 spiro atoms. The summed E-state index contributed by atoms with van der Waals surface area (Å²) < 4.78 is 53.7. The Bertz CT molecular complexity index is 919. The molecular weight excluding hydrogens is 417 g/mol. The lowest BCUT2D eigenvalue weighted by Crippen LogP contribution is -2.03. The number of allylic oxidation sites excluding steroid dienone is 1. The van der Waals surface area contributed by atoms with Gasteiger partial charge in [0.1, 0.15) is 0 Å². The maximum atomic E-state index is 12.8. The number of halogens is 3. The fraction of sp³-hybridized carbons (Fsp3) is 0.227. The van der Waals surface area contributed by atoms with E-state index >= 15 is 0 Å². The summed E-state index contributed by atoms with van der Waals surface area (Å²) in [4.78, 5) is 12.9. The van der Waals surface area contributed by atoms with E-state index in [9.17, 15) is 18.0 Å². The first kappa shape index (κ1) is 23.4. The zero-order valence-electron chi connectivity index (χ0n) is 16.7. The van der Waals surface area contributed by atoms with E-state index in [0.29, 0.717) is 21.3 Å². The summed E-state index contributed by atoms with van der Waals surface area (Å²) in [6.45, 7) is 1.90. The number of rotatable bonds is 8. The van der Waals surface area contributed by atoms with Crippen molar-refractivity contribution in [2.75, 3.05) is 20.8 Å². The highest BCUT2D eigenvalue weighted by molar-refractivity contribution is 8.03. The monoisotopic (exact) mass is 438 g/mol. The summed E-state index contributed by atoms with van der Waals surface area (Å²) in [6, 6.07) is 10.0. The van der Waals surface area contributed by atoms with Crippen LogP contribution in [-0.4, -0.2) is 26.8 Å². The Morgan fingerprint density at radius 3 is 2.27 bits per heavy atom.